The predicted molar refractivity (Wildman–Crippen MR) is 106 cm³/mol. The molecule has 6 nitrogen and oxygen atoms in total. The van der Waals surface area contributed by atoms with E-state index in [2.05, 4.69) is 9.71 Å². The maximum atomic E-state index is 13.0. The zero-order valence-corrected chi connectivity index (χ0v) is 16.6. The van der Waals surface area contributed by atoms with Crippen LogP contribution in [0.25, 0.3) is 11.3 Å². The van der Waals surface area contributed by atoms with Gasteiger partial charge in [0.15, 0.2) is 0 Å². The fourth-order valence-electron chi connectivity index (χ4n) is 2.43. The molecule has 0 aliphatic heterocycles. The van der Waals surface area contributed by atoms with E-state index < -0.39 is 10.0 Å². The van der Waals surface area contributed by atoms with E-state index in [1.54, 1.807) is 0 Å². The molecule has 1 N–H and O–H groups in total. The average molecular weight is 442 g/mol. The number of sulfonamides is 1. The number of nitrogens with zero attached hydrogens (tertiary/aromatic N) is 2. The summed E-state index contributed by atoms with van der Waals surface area (Å²) in [6.07, 6.45) is 1.31. The molecule has 146 valence electrons. The molecule has 0 bridgehead atoms. The Morgan fingerprint density at radius 3 is 2.46 bits per heavy atom. The van der Waals surface area contributed by atoms with Gasteiger partial charge in [0, 0.05) is 29.7 Å². The first kappa shape index (κ1) is 20.5. The quantitative estimate of drug-likeness (QED) is 0.635. The lowest BCUT2D eigenvalue weighted by molar-refractivity contribution is 0.569. The van der Waals surface area contributed by atoms with Gasteiger partial charge in [-0.25, -0.2) is 22.5 Å². The second kappa shape index (κ2) is 8.40. The van der Waals surface area contributed by atoms with E-state index in [1.165, 1.54) is 59.4 Å². The molecule has 0 spiro atoms. The summed E-state index contributed by atoms with van der Waals surface area (Å²) in [6, 6.07) is 11.0. The minimum Gasteiger partial charge on any atom is -0.298 e. The van der Waals surface area contributed by atoms with Crippen molar-refractivity contribution in [2.24, 2.45) is 0 Å². The molecular formula is C18H14Cl2FN3O3S. The molecule has 0 atom stereocenters. The van der Waals surface area contributed by atoms with Crippen molar-refractivity contribution in [2.75, 3.05) is 6.54 Å². The Hall–Kier alpha value is -2.26. The Kier molecular flexibility index (Phi) is 6.14. The van der Waals surface area contributed by atoms with Gasteiger partial charge in [0.25, 0.3) is 5.56 Å². The van der Waals surface area contributed by atoms with E-state index >= 15 is 0 Å². The summed E-state index contributed by atoms with van der Waals surface area (Å²) >= 11 is 11.7. The SMILES string of the molecule is O=c1cc(-c2ccc(F)cc2)ncn1CCNS(=O)(=O)c1cc(Cl)ccc1Cl. The number of nitrogens with one attached hydrogen (secondary N) is 1. The van der Waals surface area contributed by atoms with E-state index in [1.807, 2.05) is 0 Å². The van der Waals surface area contributed by atoms with Crippen molar-refractivity contribution in [3.63, 3.8) is 0 Å². The summed E-state index contributed by atoms with van der Waals surface area (Å²) < 4.78 is 41.3. The number of rotatable bonds is 6. The number of hydrogen-bond donors (Lipinski definition) is 1. The van der Waals surface area contributed by atoms with E-state index in [9.17, 15) is 17.6 Å². The summed E-state index contributed by atoms with van der Waals surface area (Å²) in [4.78, 5) is 16.3. The van der Waals surface area contributed by atoms with Crippen LogP contribution in [0.5, 0.6) is 0 Å². The van der Waals surface area contributed by atoms with Crippen LogP contribution in [0.1, 0.15) is 0 Å². The molecule has 0 fully saturated rings. The Balaban J connectivity index is 1.70. The lowest BCUT2D eigenvalue weighted by Crippen LogP contribution is -2.31. The first-order valence-corrected chi connectivity index (χ1v) is 10.3. The number of benzene rings is 2. The standard InChI is InChI=1S/C18H14Cl2FN3O3S/c19-13-3-6-15(20)17(9-13)28(26,27)23-7-8-24-11-22-16(10-18(24)25)12-1-4-14(21)5-2-12/h1-6,9-11,23H,7-8H2. The Labute approximate surface area is 170 Å². The van der Waals surface area contributed by atoms with Crippen molar-refractivity contribution < 1.29 is 12.8 Å². The Bertz CT molecular complexity index is 1170. The smallest absolute Gasteiger partial charge is 0.253 e. The normalized spacial score (nSPS) is 11.5. The van der Waals surface area contributed by atoms with Crippen LogP contribution in [-0.2, 0) is 16.6 Å². The van der Waals surface area contributed by atoms with Gasteiger partial charge in [-0.3, -0.25) is 9.36 Å². The molecule has 3 aromatic rings. The molecule has 10 heteroatoms. The topological polar surface area (TPSA) is 81.1 Å². The summed E-state index contributed by atoms with van der Waals surface area (Å²) in [5.41, 5.74) is 0.629. The van der Waals surface area contributed by atoms with Crippen LogP contribution in [0.15, 0.2) is 64.5 Å². The van der Waals surface area contributed by atoms with E-state index in [4.69, 9.17) is 23.2 Å². The van der Waals surface area contributed by atoms with Gasteiger partial charge >= 0.3 is 0 Å². The van der Waals surface area contributed by atoms with Gasteiger partial charge in [-0.2, -0.15) is 0 Å². The summed E-state index contributed by atoms with van der Waals surface area (Å²) in [5, 5.41) is 0.279. The summed E-state index contributed by atoms with van der Waals surface area (Å²) in [5.74, 6) is -0.385. The van der Waals surface area contributed by atoms with Crippen LogP contribution in [0.2, 0.25) is 10.0 Å². The molecule has 0 unspecified atom stereocenters. The van der Waals surface area contributed by atoms with Crippen molar-refractivity contribution >= 4 is 33.2 Å². The molecular weight excluding hydrogens is 428 g/mol. The monoisotopic (exact) mass is 441 g/mol. The minimum atomic E-state index is -3.89. The highest BCUT2D eigenvalue weighted by Crippen LogP contribution is 2.24. The van der Waals surface area contributed by atoms with Gasteiger partial charge in [-0.15, -0.1) is 0 Å². The van der Waals surface area contributed by atoms with Crippen molar-refractivity contribution in [3.8, 4) is 11.3 Å². The average Bonchev–Trinajstić information content (AvgIpc) is 2.65. The lowest BCUT2D eigenvalue weighted by atomic mass is 10.1. The van der Waals surface area contributed by atoms with Gasteiger partial charge in [0.1, 0.15) is 10.7 Å². The summed E-state index contributed by atoms with van der Waals surface area (Å²) in [7, 11) is -3.89. The predicted octanol–water partition coefficient (Wildman–Crippen LogP) is 3.33. The minimum absolute atomic E-state index is 0.0411. The molecule has 0 aliphatic rings. The van der Waals surface area contributed by atoms with E-state index in [-0.39, 0.29) is 39.4 Å². The highest BCUT2D eigenvalue weighted by Gasteiger charge is 2.18. The van der Waals surface area contributed by atoms with Crippen molar-refractivity contribution in [1.29, 1.82) is 0 Å². The van der Waals surface area contributed by atoms with Crippen LogP contribution < -0.4 is 10.3 Å². The molecule has 2 aromatic carbocycles. The molecule has 0 saturated carbocycles. The zero-order valence-electron chi connectivity index (χ0n) is 14.3. The third-order valence-corrected chi connectivity index (χ3v) is 6.02. The van der Waals surface area contributed by atoms with Crippen molar-refractivity contribution in [1.82, 2.24) is 14.3 Å². The third kappa shape index (κ3) is 4.77. The van der Waals surface area contributed by atoms with Crippen LogP contribution >= 0.6 is 23.2 Å². The fraction of sp³-hybridized carbons (Fsp3) is 0.111. The number of hydrogen-bond acceptors (Lipinski definition) is 4. The highest BCUT2D eigenvalue weighted by molar-refractivity contribution is 7.89. The zero-order chi connectivity index (χ0) is 20.3. The molecule has 0 saturated heterocycles. The number of aromatic nitrogens is 2. The maximum Gasteiger partial charge on any atom is 0.253 e. The third-order valence-electron chi connectivity index (χ3n) is 3.85. The second-order valence-corrected chi connectivity index (χ2v) is 8.36. The van der Waals surface area contributed by atoms with Crippen LogP contribution in [0.4, 0.5) is 4.39 Å². The molecule has 0 radical (unpaired) electrons. The lowest BCUT2D eigenvalue weighted by Gasteiger charge is -2.10. The molecule has 28 heavy (non-hydrogen) atoms. The number of halogens is 3. The molecule has 1 heterocycles. The molecule has 1 aromatic heterocycles. The van der Waals surface area contributed by atoms with E-state index in [0.717, 1.165) is 0 Å². The van der Waals surface area contributed by atoms with Gasteiger partial charge < -0.3 is 0 Å². The Morgan fingerprint density at radius 2 is 1.79 bits per heavy atom. The largest absolute Gasteiger partial charge is 0.298 e. The molecule has 3 rings (SSSR count). The van der Waals surface area contributed by atoms with Crippen LogP contribution in [-0.4, -0.2) is 24.5 Å². The first-order valence-electron chi connectivity index (χ1n) is 8.03. The van der Waals surface area contributed by atoms with Gasteiger partial charge in [0.05, 0.1) is 17.0 Å². The maximum absolute atomic E-state index is 13.0. The van der Waals surface area contributed by atoms with Gasteiger partial charge in [0.2, 0.25) is 10.0 Å². The van der Waals surface area contributed by atoms with Crippen LogP contribution in [0.3, 0.4) is 0 Å². The van der Waals surface area contributed by atoms with Gasteiger partial charge in [-0.1, -0.05) is 23.2 Å². The van der Waals surface area contributed by atoms with Crippen molar-refractivity contribution in [2.45, 2.75) is 11.4 Å². The molecule has 0 amide bonds. The Morgan fingerprint density at radius 1 is 1.07 bits per heavy atom. The second-order valence-electron chi connectivity index (χ2n) is 5.79. The van der Waals surface area contributed by atoms with Gasteiger partial charge in [-0.05, 0) is 42.5 Å². The fourth-order valence-corrected chi connectivity index (χ4v) is 4.22. The summed E-state index contributed by atoms with van der Waals surface area (Å²) in [6.45, 7) is 0.00953. The van der Waals surface area contributed by atoms with Crippen molar-refractivity contribution in [3.05, 3.63) is 81.1 Å². The highest BCUT2D eigenvalue weighted by atomic mass is 35.5. The first-order chi connectivity index (χ1) is 13.3. The molecule has 0 aliphatic carbocycles. The van der Waals surface area contributed by atoms with E-state index in [0.29, 0.717) is 11.3 Å². The van der Waals surface area contributed by atoms with Crippen LogP contribution in [0, 0.1) is 5.82 Å².